The number of carbonyl (C=O) groups excluding carboxylic acids is 1. The molecule has 3 aromatic rings. The van der Waals surface area contributed by atoms with E-state index in [0.29, 0.717) is 12.0 Å². The van der Waals surface area contributed by atoms with Gasteiger partial charge in [-0.15, -0.1) is 11.3 Å². The normalized spacial score (nSPS) is 10.8. The lowest BCUT2D eigenvalue weighted by molar-refractivity contribution is 0.0600. The lowest BCUT2D eigenvalue weighted by atomic mass is 10.3. The van der Waals surface area contributed by atoms with Crippen LogP contribution in [-0.4, -0.2) is 27.7 Å². The van der Waals surface area contributed by atoms with Gasteiger partial charge in [-0.1, -0.05) is 6.07 Å². The average molecular weight is 273 g/mol. The van der Waals surface area contributed by atoms with Crippen LogP contribution in [0.3, 0.4) is 0 Å². The predicted octanol–water partition coefficient (Wildman–Crippen LogP) is 2.17. The Morgan fingerprint density at radius 1 is 1.42 bits per heavy atom. The number of methoxy groups -OCH3 is 1. The standard InChI is InChI=1S/C13H11N3O2S/c1-18-13(17)9-4-5-12-14-11(15-16(12)8-9)7-10-3-2-6-19-10/h2-6,8H,7H2,1H3. The van der Waals surface area contributed by atoms with Gasteiger partial charge < -0.3 is 4.74 Å². The van der Waals surface area contributed by atoms with E-state index in [4.69, 9.17) is 0 Å². The highest BCUT2D eigenvalue weighted by atomic mass is 32.1. The average Bonchev–Trinajstić information content (AvgIpc) is 3.05. The molecule has 0 aromatic carbocycles. The third-order valence-electron chi connectivity index (χ3n) is 2.71. The Balaban J connectivity index is 1.94. The van der Waals surface area contributed by atoms with Crippen LogP contribution in [0.5, 0.6) is 0 Å². The van der Waals surface area contributed by atoms with Crippen molar-refractivity contribution in [1.29, 1.82) is 0 Å². The smallest absolute Gasteiger partial charge is 0.339 e. The molecule has 0 atom stereocenters. The van der Waals surface area contributed by atoms with Crippen molar-refractivity contribution in [1.82, 2.24) is 14.6 Å². The van der Waals surface area contributed by atoms with E-state index in [9.17, 15) is 4.79 Å². The van der Waals surface area contributed by atoms with Gasteiger partial charge >= 0.3 is 5.97 Å². The minimum Gasteiger partial charge on any atom is -0.465 e. The third-order valence-corrected chi connectivity index (χ3v) is 3.58. The van der Waals surface area contributed by atoms with Gasteiger partial charge in [0.1, 0.15) is 0 Å². The van der Waals surface area contributed by atoms with E-state index in [0.717, 1.165) is 11.5 Å². The van der Waals surface area contributed by atoms with Crippen LogP contribution in [-0.2, 0) is 11.2 Å². The van der Waals surface area contributed by atoms with Crippen LogP contribution in [0.2, 0.25) is 0 Å². The molecule has 0 aliphatic carbocycles. The number of rotatable bonds is 3. The molecule has 0 amide bonds. The number of esters is 1. The number of aromatic nitrogens is 3. The molecule has 0 saturated carbocycles. The second-order valence-electron chi connectivity index (χ2n) is 4.00. The van der Waals surface area contributed by atoms with Crippen molar-refractivity contribution in [2.75, 3.05) is 7.11 Å². The quantitative estimate of drug-likeness (QED) is 0.686. The fraction of sp³-hybridized carbons (Fsp3) is 0.154. The first-order chi connectivity index (χ1) is 9.26. The van der Waals surface area contributed by atoms with Gasteiger partial charge in [0, 0.05) is 17.5 Å². The van der Waals surface area contributed by atoms with Crippen LogP contribution in [0.25, 0.3) is 5.65 Å². The second kappa shape index (κ2) is 4.81. The monoisotopic (exact) mass is 273 g/mol. The van der Waals surface area contributed by atoms with Gasteiger partial charge in [0.25, 0.3) is 0 Å². The van der Waals surface area contributed by atoms with Gasteiger partial charge in [-0.2, -0.15) is 5.10 Å². The Morgan fingerprint density at radius 2 is 2.32 bits per heavy atom. The summed E-state index contributed by atoms with van der Waals surface area (Å²) in [4.78, 5) is 17.1. The molecule has 0 bridgehead atoms. The molecule has 0 aliphatic heterocycles. The summed E-state index contributed by atoms with van der Waals surface area (Å²) < 4.78 is 6.28. The van der Waals surface area contributed by atoms with Crippen LogP contribution in [0.4, 0.5) is 0 Å². The summed E-state index contributed by atoms with van der Waals surface area (Å²) in [5.74, 6) is 0.363. The first kappa shape index (κ1) is 11.9. The lowest BCUT2D eigenvalue weighted by Gasteiger charge is -1.98. The predicted molar refractivity (Wildman–Crippen MR) is 71.5 cm³/mol. The molecule has 3 aromatic heterocycles. The minimum absolute atomic E-state index is 0.378. The Morgan fingerprint density at radius 3 is 3.05 bits per heavy atom. The highest BCUT2D eigenvalue weighted by molar-refractivity contribution is 7.09. The molecule has 19 heavy (non-hydrogen) atoms. The number of hydrogen-bond donors (Lipinski definition) is 0. The second-order valence-corrected chi connectivity index (χ2v) is 5.03. The van der Waals surface area contributed by atoms with Gasteiger partial charge in [0.15, 0.2) is 11.5 Å². The summed E-state index contributed by atoms with van der Waals surface area (Å²) in [5, 5.41) is 6.40. The molecule has 0 fully saturated rings. The maximum absolute atomic E-state index is 11.4. The summed E-state index contributed by atoms with van der Waals surface area (Å²) in [5.41, 5.74) is 1.18. The summed E-state index contributed by atoms with van der Waals surface area (Å²) in [6.45, 7) is 0. The molecule has 0 N–H and O–H groups in total. The molecule has 3 rings (SSSR count). The van der Waals surface area contributed by atoms with Crippen LogP contribution in [0, 0.1) is 0 Å². The first-order valence-electron chi connectivity index (χ1n) is 5.72. The lowest BCUT2D eigenvalue weighted by Crippen LogP contribution is -2.03. The van der Waals surface area contributed by atoms with Crippen LogP contribution in [0.1, 0.15) is 21.1 Å². The molecule has 0 spiro atoms. The fourth-order valence-electron chi connectivity index (χ4n) is 1.81. The Bertz CT molecular complexity index is 719. The van der Waals surface area contributed by atoms with Crippen molar-refractivity contribution in [3.05, 3.63) is 52.1 Å². The number of ether oxygens (including phenoxy) is 1. The minimum atomic E-state index is -0.378. The first-order valence-corrected chi connectivity index (χ1v) is 6.60. The maximum atomic E-state index is 11.4. The van der Waals surface area contributed by atoms with Gasteiger partial charge in [-0.05, 0) is 23.6 Å². The summed E-state index contributed by atoms with van der Waals surface area (Å²) >= 11 is 1.68. The largest absolute Gasteiger partial charge is 0.465 e. The molecule has 0 saturated heterocycles. The number of thiophene rings is 1. The van der Waals surface area contributed by atoms with Gasteiger partial charge in [-0.25, -0.2) is 14.3 Å². The molecular weight excluding hydrogens is 262 g/mol. The van der Waals surface area contributed by atoms with Crippen LogP contribution >= 0.6 is 11.3 Å². The topological polar surface area (TPSA) is 56.5 Å². The Kier molecular flexibility index (Phi) is 3.00. The van der Waals surface area contributed by atoms with E-state index in [1.165, 1.54) is 12.0 Å². The molecule has 6 heteroatoms. The van der Waals surface area contributed by atoms with E-state index in [1.807, 2.05) is 11.4 Å². The zero-order valence-electron chi connectivity index (χ0n) is 10.2. The number of fused-ring (bicyclic) bond motifs is 1. The van der Waals surface area contributed by atoms with E-state index in [2.05, 4.69) is 20.9 Å². The maximum Gasteiger partial charge on any atom is 0.339 e. The van der Waals surface area contributed by atoms with Gasteiger partial charge in [0.2, 0.25) is 0 Å². The highest BCUT2D eigenvalue weighted by Gasteiger charge is 2.09. The van der Waals surface area contributed by atoms with E-state index in [1.54, 1.807) is 34.2 Å². The highest BCUT2D eigenvalue weighted by Crippen LogP contribution is 2.13. The number of nitrogens with zero attached hydrogens (tertiary/aromatic N) is 3. The number of hydrogen-bond acceptors (Lipinski definition) is 5. The molecule has 5 nitrogen and oxygen atoms in total. The van der Waals surface area contributed by atoms with Gasteiger partial charge in [-0.3, -0.25) is 0 Å². The number of carbonyl (C=O) groups is 1. The molecular formula is C13H11N3O2S. The summed E-state index contributed by atoms with van der Waals surface area (Å²) in [7, 11) is 1.36. The molecule has 0 aliphatic rings. The van der Waals surface area contributed by atoms with Crippen LogP contribution < -0.4 is 0 Å². The molecule has 3 heterocycles. The molecule has 96 valence electrons. The third kappa shape index (κ3) is 2.34. The Labute approximate surface area is 113 Å². The zero-order valence-corrected chi connectivity index (χ0v) is 11.1. The zero-order chi connectivity index (χ0) is 13.2. The van der Waals surface area contributed by atoms with Crippen molar-refractivity contribution >= 4 is 23.0 Å². The fourth-order valence-corrected chi connectivity index (χ4v) is 2.51. The van der Waals surface area contributed by atoms with Crippen molar-refractivity contribution in [3.63, 3.8) is 0 Å². The van der Waals surface area contributed by atoms with Crippen molar-refractivity contribution in [2.45, 2.75) is 6.42 Å². The van der Waals surface area contributed by atoms with Gasteiger partial charge in [0.05, 0.1) is 12.7 Å². The van der Waals surface area contributed by atoms with E-state index >= 15 is 0 Å². The SMILES string of the molecule is COC(=O)c1ccc2nc(Cc3cccs3)nn2c1. The Hall–Kier alpha value is -2.21. The van der Waals surface area contributed by atoms with E-state index in [-0.39, 0.29) is 5.97 Å². The molecule has 0 unspecified atom stereocenters. The summed E-state index contributed by atoms with van der Waals surface area (Å²) in [6.07, 6.45) is 2.33. The molecule has 0 radical (unpaired) electrons. The van der Waals surface area contributed by atoms with Crippen molar-refractivity contribution in [3.8, 4) is 0 Å². The number of pyridine rings is 1. The van der Waals surface area contributed by atoms with Crippen molar-refractivity contribution < 1.29 is 9.53 Å². The van der Waals surface area contributed by atoms with E-state index < -0.39 is 0 Å². The van der Waals surface area contributed by atoms with Crippen LogP contribution in [0.15, 0.2) is 35.8 Å². The van der Waals surface area contributed by atoms with Crippen molar-refractivity contribution in [2.24, 2.45) is 0 Å². The summed E-state index contributed by atoms with van der Waals surface area (Å²) in [6, 6.07) is 7.50.